The van der Waals surface area contributed by atoms with Crippen molar-refractivity contribution < 1.29 is 14.7 Å². The number of carbonyl (C=O) groups is 2. The highest BCUT2D eigenvalue weighted by atomic mass is 16.4. The maximum absolute atomic E-state index is 11.0. The van der Waals surface area contributed by atoms with Crippen LogP contribution < -0.4 is 11.5 Å². The van der Waals surface area contributed by atoms with Gasteiger partial charge in [-0.05, 0) is 19.1 Å². The van der Waals surface area contributed by atoms with Crippen molar-refractivity contribution in [3.8, 4) is 0 Å². The second-order valence-corrected chi connectivity index (χ2v) is 2.89. The van der Waals surface area contributed by atoms with Crippen molar-refractivity contribution in [3.63, 3.8) is 0 Å². The van der Waals surface area contributed by atoms with Gasteiger partial charge in [-0.25, -0.2) is 4.79 Å². The number of anilines is 2. The molecule has 0 radical (unpaired) electrons. The molecule has 0 aliphatic carbocycles. The Morgan fingerprint density at radius 1 is 1.29 bits per heavy atom. The van der Waals surface area contributed by atoms with Crippen LogP contribution in [0.15, 0.2) is 12.1 Å². The predicted molar refractivity (Wildman–Crippen MR) is 52.2 cm³/mol. The Hall–Kier alpha value is -2.04. The largest absolute Gasteiger partial charge is 0.478 e. The van der Waals surface area contributed by atoms with Crippen molar-refractivity contribution in [2.75, 3.05) is 11.5 Å². The SMILES string of the molecule is CC(=O)c1cc(N)c(N)c(C(=O)O)c1. The minimum absolute atomic E-state index is 0.0116. The smallest absolute Gasteiger partial charge is 0.337 e. The van der Waals surface area contributed by atoms with Crippen molar-refractivity contribution in [2.24, 2.45) is 0 Å². The zero-order chi connectivity index (χ0) is 10.9. The molecular formula is C9H10N2O3. The quantitative estimate of drug-likeness (QED) is 0.475. The highest BCUT2D eigenvalue weighted by molar-refractivity contribution is 6.03. The summed E-state index contributed by atoms with van der Waals surface area (Å²) in [7, 11) is 0. The minimum atomic E-state index is -1.20. The molecule has 0 saturated carbocycles. The standard InChI is InChI=1S/C9H10N2O3/c1-4(12)5-2-6(9(13)14)8(11)7(10)3-5/h2-3H,10-11H2,1H3,(H,13,14). The molecule has 14 heavy (non-hydrogen) atoms. The lowest BCUT2D eigenvalue weighted by Crippen LogP contribution is -2.08. The molecule has 0 aliphatic heterocycles. The first-order valence-electron chi connectivity index (χ1n) is 3.86. The van der Waals surface area contributed by atoms with Crippen LogP contribution in [0.4, 0.5) is 11.4 Å². The lowest BCUT2D eigenvalue weighted by Gasteiger charge is -2.06. The summed E-state index contributed by atoms with van der Waals surface area (Å²) in [5.41, 5.74) is 11.1. The molecule has 1 aromatic rings. The zero-order valence-electron chi connectivity index (χ0n) is 7.57. The van der Waals surface area contributed by atoms with E-state index in [1.165, 1.54) is 19.1 Å². The van der Waals surface area contributed by atoms with Gasteiger partial charge in [0.15, 0.2) is 5.78 Å². The first kappa shape index (κ1) is 10.0. The topological polar surface area (TPSA) is 106 Å². The van der Waals surface area contributed by atoms with E-state index in [9.17, 15) is 9.59 Å². The summed E-state index contributed by atoms with van der Waals surface area (Å²) >= 11 is 0. The molecule has 0 heterocycles. The summed E-state index contributed by atoms with van der Waals surface area (Å²) in [6.45, 7) is 1.33. The van der Waals surface area contributed by atoms with Crippen molar-refractivity contribution >= 4 is 23.1 Å². The number of hydrogen-bond acceptors (Lipinski definition) is 4. The van der Waals surface area contributed by atoms with Gasteiger partial charge < -0.3 is 16.6 Å². The summed E-state index contributed by atoms with van der Waals surface area (Å²) < 4.78 is 0. The average molecular weight is 194 g/mol. The molecule has 0 bridgehead atoms. The first-order valence-corrected chi connectivity index (χ1v) is 3.86. The van der Waals surface area contributed by atoms with Gasteiger partial charge in [0.2, 0.25) is 0 Å². The number of benzene rings is 1. The minimum Gasteiger partial charge on any atom is -0.478 e. The number of carboxylic acid groups (broad SMARTS) is 1. The summed E-state index contributed by atoms with van der Waals surface area (Å²) in [4.78, 5) is 21.7. The second-order valence-electron chi connectivity index (χ2n) is 2.89. The van der Waals surface area contributed by atoms with Gasteiger partial charge >= 0.3 is 5.97 Å². The van der Waals surface area contributed by atoms with Gasteiger partial charge in [0.05, 0.1) is 16.9 Å². The Bertz CT molecular complexity index is 413. The van der Waals surface area contributed by atoms with E-state index >= 15 is 0 Å². The Kier molecular flexibility index (Phi) is 2.42. The van der Waals surface area contributed by atoms with E-state index in [1.807, 2.05) is 0 Å². The lowest BCUT2D eigenvalue weighted by atomic mass is 10.0. The third-order valence-corrected chi connectivity index (χ3v) is 1.85. The van der Waals surface area contributed by atoms with Crippen LogP contribution in [0.1, 0.15) is 27.6 Å². The van der Waals surface area contributed by atoms with Crippen molar-refractivity contribution in [2.45, 2.75) is 6.92 Å². The molecule has 1 rings (SSSR count). The third-order valence-electron chi connectivity index (χ3n) is 1.85. The zero-order valence-corrected chi connectivity index (χ0v) is 7.57. The number of nitrogens with two attached hydrogens (primary N) is 2. The van der Waals surface area contributed by atoms with E-state index in [1.54, 1.807) is 0 Å². The number of ketones is 1. The van der Waals surface area contributed by atoms with Gasteiger partial charge in [-0.3, -0.25) is 4.79 Å². The molecular weight excluding hydrogens is 184 g/mol. The van der Waals surface area contributed by atoms with Crippen LogP contribution in [0.2, 0.25) is 0 Å². The van der Waals surface area contributed by atoms with Crippen molar-refractivity contribution in [1.29, 1.82) is 0 Å². The maximum atomic E-state index is 11.0. The number of aromatic carboxylic acids is 1. The summed E-state index contributed by atoms with van der Waals surface area (Å²) in [5.74, 6) is -1.45. The molecule has 0 saturated heterocycles. The van der Waals surface area contributed by atoms with Crippen molar-refractivity contribution in [1.82, 2.24) is 0 Å². The van der Waals surface area contributed by atoms with Crippen LogP contribution in [0.3, 0.4) is 0 Å². The number of carboxylic acids is 1. The van der Waals surface area contributed by atoms with E-state index in [2.05, 4.69) is 0 Å². The molecule has 5 heteroatoms. The van der Waals surface area contributed by atoms with Crippen LogP contribution in [0.25, 0.3) is 0 Å². The number of Topliss-reactive ketones (excluding diaryl/α,β-unsaturated/α-hetero) is 1. The Balaban J connectivity index is 3.43. The number of hydrogen-bond donors (Lipinski definition) is 3. The molecule has 5 nitrogen and oxygen atoms in total. The van der Waals surface area contributed by atoms with E-state index in [-0.39, 0.29) is 28.3 Å². The Morgan fingerprint density at radius 3 is 2.29 bits per heavy atom. The maximum Gasteiger partial charge on any atom is 0.337 e. The molecule has 0 fully saturated rings. The molecule has 1 aromatic carbocycles. The van der Waals surface area contributed by atoms with Gasteiger partial charge in [-0.1, -0.05) is 0 Å². The molecule has 0 amide bonds. The fourth-order valence-electron chi connectivity index (χ4n) is 1.06. The van der Waals surface area contributed by atoms with Crippen LogP contribution in [-0.2, 0) is 0 Å². The molecule has 0 unspecified atom stereocenters. The Morgan fingerprint density at radius 2 is 1.86 bits per heavy atom. The lowest BCUT2D eigenvalue weighted by molar-refractivity contribution is 0.0698. The van der Waals surface area contributed by atoms with E-state index in [4.69, 9.17) is 16.6 Å². The van der Waals surface area contributed by atoms with Crippen LogP contribution in [-0.4, -0.2) is 16.9 Å². The average Bonchev–Trinajstić information content (AvgIpc) is 2.08. The van der Waals surface area contributed by atoms with Gasteiger partial charge in [0, 0.05) is 5.56 Å². The second kappa shape index (κ2) is 3.37. The van der Waals surface area contributed by atoms with E-state index < -0.39 is 5.97 Å². The highest BCUT2D eigenvalue weighted by Gasteiger charge is 2.13. The van der Waals surface area contributed by atoms with Crippen LogP contribution in [0, 0.1) is 0 Å². The monoisotopic (exact) mass is 194 g/mol. The van der Waals surface area contributed by atoms with Gasteiger partial charge in [-0.15, -0.1) is 0 Å². The first-order chi connectivity index (χ1) is 6.43. The molecule has 5 N–H and O–H groups in total. The van der Waals surface area contributed by atoms with E-state index in [0.717, 1.165) is 0 Å². The van der Waals surface area contributed by atoms with Gasteiger partial charge in [0.1, 0.15) is 0 Å². The van der Waals surface area contributed by atoms with Crippen LogP contribution in [0.5, 0.6) is 0 Å². The third kappa shape index (κ3) is 1.66. The fourth-order valence-corrected chi connectivity index (χ4v) is 1.06. The summed E-state index contributed by atoms with van der Waals surface area (Å²) in [6.07, 6.45) is 0. The number of nitrogen functional groups attached to an aromatic ring is 2. The molecule has 0 aliphatic rings. The van der Waals surface area contributed by atoms with Gasteiger partial charge in [0.25, 0.3) is 0 Å². The Labute approximate surface area is 80.3 Å². The molecule has 0 aromatic heterocycles. The molecule has 74 valence electrons. The normalized spacial score (nSPS) is 9.79. The van der Waals surface area contributed by atoms with Crippen molar-refractivity contribution in [3.05, 3.63) is 23.3 Å². The highest BCUT2D eigenvalue weighted by Crippen LogP contribution is 2.22. The van der Waals surface area contributed by atoms with Crippen LogP contribution >= 0.6 is 0 Å². The molecule has 0 spiro atoms. The predicted octanol–water partition coefficient (Wildman–Crippen LogP) is 0.752. The number of rotatable bonds is 2. The fraction of sp³-hybridized carbons (Fsp3) is 0.111. The van der Waals surface area contributed by atoms with Gasteiger partial charge in [-0.2, -0.15) is 0 Å². The summed E-state index contributed by atoms with van der Waals surface area (Å²) in [6, 6.07) is 2.58. The van der Waals surface area contributed by atoms with E-state index in [0.29, 0.717) is 0 Å². The summed E-state index contributed by atoms with van der Waals surface area (Å²) in [5, 5.41) is 8.75. The number of carbonyl (C=O) groups excluding carboxylic acids is 1. The molecule has 0 atom stereocenters.